The van der Waals surface area contributed by atoms with E-state index in [1.807, 2.05) is 60.7 Å². The first-order valence-corrected chi connectivity index (χ1v) is 12.1. The molecular formula is C23H23OPS. The number of benzene rings is 3. The fourth-order valence-electron chi connectivity index (χ4n) is 2.78. The molecule has 0 aliphatic heterocycles. The van der Waals surface area contributed by atoms with Crippen LogP contribution in [0.25, 0.3) is 6.08 Å². The number of hydrogen-bond donors (Lipinski definition) is 0. The molecule has 3 aromatic rings. The minimum atomic E-state index is -2.66. The van der Waals surface area contributed by atoms with E-state index >= 15 is 0 Å². The monoisotopic (exact) mass is 378 g/mol. The minimum Gasteiger partial charge on any atom is -0.302 e. The molecule has 3 rings (SSSR count). The van der Waals surface area contributed by atoms with Gasteiger partial charge >= 0.3 is 0 Å². The Hall–Kier alpha value is -2.02. The van der Waals surface area contributed by atoms with Crippen molar-refractivity contribution in [3.8, 4) is 0 Å². The normalized spacial score (nSPS) is 11.7. The van der Waals surface area contributed by atoms with Gasteiger partial charge in [0, 0.05) is 16.4 Å². The highest BCUT2D eigenvalue weighted by Crippen LogP contribution is 2.56. The third-order valence-corrected chi connectivity index (χ3v) is 9.88. The van der Waals surface area contributed by atoms with Gasteiger partial charge in [-0.05, 0) is 24.5 Å². The van der Waals surface area contributed by atoms with Crippen molar-refractivity contribution in [2.24, 2.45) is 0 Å². The molecule has 0 N–H and O–H groups in total. The minimum absolute atomic E-state index is 0.823. The molecule has 0 radical (unpaired) electrons. The topological polar surface area (TPSA) is 17.1 Å². The average molecular weight is 378 g/mol. The lowest BCUT2D eigenvalue weighted by Crippen LogP contribution is -2.13. The highest BCUT2D eigenvalue weighted by Gasteiger charge is 2.27. The smallest absolute Gasteiger partial charge is 0.195 e. The second-order valence-electron chi connectivity index (χ2n) is 6.10. The van der Waals surface area contributed by atoms with Gasteiger partial charge in [0.05, 0.1) is 0 Å². The molecule has 0 amide bonds. The van der Waals surface area contributed by atoms with Crippen molar-refractivity contribution >= 4 is 34.4 Å². The second-order valence-corrected chi connectivity index (χ2v) is 11.2. The standard InChI is InChI=1S/C23H23OPS/c1-20-12-8-9-13-21(20)14-10-11-19-26-25(24,22-15-4-2-5-16-22)23-17-6-3-7-18-23/h2-10,12-18H,11,19H2,1H3/b14-10+. The molecule has 0 bridgehead atoms. The SMILES string of the molecule is Cc1ccccc1/C=C/CCSP(=O)(c1ccccc1)c1ccccc1. The van der Waals surface area contributed by atoms with Gasteiger partial charge < -0.3 is 4.57 Å². The number of hydrogen-bond acceptors (Lipinski definition) is 2. The molecule has 26 heavy (non-hydrogen) atoms. The molecule has 132 valence electrons. The second kappa shape index (κ2) is 9.07. The Morgan fingerprint density at radius 2 is 1.35 bits per heavy atom. The van der Waals surface area contributed by atoms with Crippen molar-refractivity contribution in [2.45, 2.75) is 13.3 Å². The summed E-state index contributed by atoms with van der Waals surface area (Å²) in [6.07, 6.45) is 2.56. The summed E-state index contributed by atoms with van der Waals surface area (Å²) in [4.78, 5) is 0. The molecule has 0 aromatic heterocycles. The van der Waals surface area contributed by atoms with Gasteiger partial charge in [-0.3, -0.25) is 0 Å². The van der Waals surface area contributed by atoms with Crippen LogP contribution in [0, 0.1) is 6.92 Å². The lowest BCUT2D eigenvalue weighted by atomic mass is 10.1. The van der Waals surface area contributed by atoms with Crippen LogP contribution in [0.4, 0.5) is 0 Å². The summed E-state index contributed by atoms with van der Waals surface area (Å²) in [5.74, 6) is 0.823. The first-order chi connectivity index (χ1) is 12.7. The van der Waals surface area contributed by atoms with Crippen molar-refractivity contribution in [3.05, 3.63) is 102 Å². The Labute approximate surface area is 160 Å². The van der Waals surface area contributed by atoms with Crippen LogP contribution < -0.4 is 10.6 Å². The van der Waals surface area contributed by atoms with Crippen LogP contribution in [0.3, 0.4) is 0 Å². The largest absolute Gasteiger partial charge is 0.302 e. The van der Waals surface area contributed by atoms with E-state index < -0.39 is 6.34 Å². The van der Waals surface area contributed by atoms with Gasteiger partial charge in [-0.2, -0.15) is 0 Å². The van der Waals surface area contributed by atoms with E-state index in [0.29, 0.717) is 0 Å². The van der Waals surface area contributed by atoms with Crippen LogP contribution in [0.1, 0.15) is 17.5 Å². The van der Waals surface area contributed by atoms with Gasteiger partial charge in [0.15, 0.2) is 6.34 Å². The average Bonchev–Trinajstić information content (AvgIpc) is 2.70. The summed E-state index contributed by atoms with van der Waals surface area (Å²) in [6, 6.07) is 28.0. The molecule has 0 aliphatic rings. The van der Waals surface area contributed by atoms with Crippen molar-refractivity contribution in [3.63, 3.8) is 0 Å². The van der Waals surface area contributed by atoms with Crippen LogP contribution in [0.5, 0.6) is 0 Å². The third kappa shape index (κ3) is 4.58. The van der Waals surface area contributed by atoms with E-state index in [4.69, 9.17) is 0 Å². The van der Waals surface area contributed by atoms with Crippen LogP contribution in [0.15, 0.2) is 91.0 Å². The Morgan fingerprint density at radius 1 is 0.808 bits per heavy atom. The molecule has 0 unspecified atom stereocenters. The zero-order valence-corrected chi connectivity index (χ0v) is 16.6. The molecule has 0 fully saturated rings. The van der Waals surface area contributed by atoms with Gasteiger partial charge in [0.1, 0.15) is 0 Å². The molecular weight excluding hydrogens is 355 g/mol. The number of allylic oxidation sites excluding steroid dienone is 1. The van der Waals surface area contributed by atoms with Gasteiger partial charge in [-0.1, -0.05) is 108 Å². The Bertz CT molecular complexity index is 860. The molecule has 0 saturated carbocycles. The Balaban J connectivity index is 1.72. The summed E-state index contributed by atoms with van der Waals surface area (Å²) in [5, 5.41) is 1.83. The van der Waals surface area contributed by atoms with Crippen LogP contribution in [-0.2, 0) is 4.57 Å². The van der Waals surface area contributed by atoms with E-state index in [1.165, 1.54) is 11.1 Å². The highest BCUT2D eigenvalue weighted by atomic mass is 32.7. The first-order valence-electron chi connectivity index (χ1n) is 8.78. The van der Waals surface area contributed by atoms with Crippen LogP contribution in [-0.4, -0.2) is 5.75 Å². The number of rotatable bonds is 7. The highest BCUT2D eigenvalue weighted by molar-refractivity contribution is 8.62. The zero-order chi connectivity index (χ0) is 18.2. The summed E-state index contributed by atoms with van der Waals surface area (Å²) >= 11 is 1.57. The maximum absolute atomic E-state index is 13.8. The predicted molar refractivity (Wildman–Crippen MR) is 117 cm³/mol. The Morgan fingerprint density at radius 3 is 1.92 bits per heavy atom. The molecule has 0 spiro atoms. The Kier molecular flexibility index (Phi) is 6.55. The molecule has 0 saturated heterocycles. The summed E-state index contributed by atoms with van der Waals surface area (Å²) < 4.78 is 13.8. The van der Waals surface area contributed by atoms with E-state index in [0.717, 1.165) is 22.8 Å². The van der Waals surface area contributed by atoms with Crippen molar-refractivity contribution in [1.82, 2.24) is 0 Å². The van der Waals surface area contributed by atoms with E-state index in [-0.39, 0.29) is 0 Å². The van der Waals surface area contributed by atoms with Gasteiger partial charge in [0.2, 0.25) is 0 Å². The maximum Gasteiger partial charge on any atom is 0.195 e. The molecule has 0 atom stereocenters. The fourth-order valence-corrected chi connectivity index (χ4v) is 7.72. The zero-order valence-electron chi connectivity index (χ0n) is 14.9. The van der Waals surface area contributed by atoms with E-state index in [2.05, 4.69) is 43.3 Å². The van der Waals surface area contributed by atoms with Crippen LogP contribution in [0.2, 0.25) is 0 Å². The summed E-state index contributed by atoms with van der Waals surface area (Å²) in [5.41, 5.74) is 2.52. The van der Waals surface area contributed by atoms with E-state index in [1.54, 1.807) is 11.4 Å². The van der Waals surface area contributed by atoms with E-state index in [9.17, 15) is 4.57 Å². The van der Waals surface area contributed by atoms with Gasteiger partial charge in [-0.25, -0.2) is 0 Å². The van der Waals surface area contributed by atoms with Crippen molar-refractivity contribution < 1.29 is 4.57 Å². The molecule has 3 heteroatoms. The fraction of sp³-hybridized carbons (Fsp3) is 0.130. The first kappa shape index (κ1) is 18.8. The lowest BCUT2D eigenvalue weighted by molar-refractivity contribution is 0.595. The van der Waals surface area contributed by atoms with Crippen molar-refractivity contribution in [2.75, 3.05) is 5.75 Å². The van der Waals surface area contributed by atoms with Gasteiger partial charge in [0.25, 0.3) is 0 Å². The van der Waals surface area contributed by atoms with Gasteiger partial charge in [-0.15, -0.1) is 0 Å². The lowest BCUT2D eigenvalue weighted by Gasteiger charge is -2.18. The molecule has 3 aromatic carbocycles. The molecule has 1 nitrogen and oxygen atoms in total. The predicted octanol–water partition coefficient (Wildman–Crippen LogP) is 6.06. The maximum atomic E-state index is 13.8. The number of aryl methyl sites for hydroxylation is 1. The van der Waals surface area contributed by atoms with Crippen LogP contribution >= 0.6 is 17.7 Å². The quantitative estimate of drug-likeness (QED) is 0.367. The van der Waals surface area contributed by atoms with Crippen molar-refractivity contribution in [1.29, 1.82) is 0 Å². The summed E-state index contributed by atoms with van der Waals surface area (Å²) in [6.45, 7) is 2.12. The summed E-state index contributed by atoms with van der Waals surface area (Å²) in [7, 11) is 0. The molecule has 0 aliphatic carbocycles. The third-order valence-electron chi connectivity index (χ3n) is 4.24. The molecule has 0 heterocycles.